The number of aryl methyl sites for hydroxylation is 1. The molecule has 3 rings (SSSR count). The third kappa shape index (κ3) is 4.30. The van der Waals surface area contributed by atoms with E-state index in [1.165, 1.54) is 6.42 Å². The van der Waals surface area contributed by atoms with Gasteiger partial charge >= 0.3 is 157 Å². The molecule has 0 amide bonds. The first kappa shape index (κ1) is 12.3. The topological polar surface area (TPSA) is 12.9 Å². The first-order valence-electron chi connectivity index (χ1n) is 11.5. The van der Waals surface area contributed by atoms with Gasteiger partial charge < -0.3 is 0 Å². The van der Waals surface area contributed by atoms with Gasteiger partial charge in [-0.15, -0.1) is 0 Å². The number of benzene rings is 1. The van der Waals surface area contributed by atoms with Crippen molar-refractivity contribution in [2.75, 3.05) is 0 Å². The molecule has 0 radical (unpaired) electrons. The fourth-order valence-corrected chi connectivity index (χ4v) is 6.38. The van der Waals surface area contributed by atoms with Gasteiger partial charge in [-0.1, -0.05) is 0 Å². The van der Waals surface area contributed by atoms with Crippen LogP contribution in [0.2, 0.25) is 17.3 Å². The molecule has 128 valence electrons. The summed E-state index contributed by atoms with van der Waals surface area (Å²) in [6, 6.07) is 8.74. The SMILES string of the molecule is [2H]C([2H])([2H])c1ccc(-c2cc(C([2H])([2H])C3CCCCC3)[c]([Ge]([CH3])([CH3])[CH3])cn2)cc1. The summed E-state index contributed by atoms with van der Waals surface area (Å²) in [5.41, 5.74) is 2.65. The van der Waals surface area contributed by atoms with Gasteiger partial charge in [-0.3, -0.25) is 0 Å². The summed E-state index contributed by atoms with van der Waals surface area (Å²) >= 11 is -2.34. The van der Waals surface area contributed by atoms with E-state index < -0.39 is 26.5 Å². The van der Waals surface area contributed by atoms with Crippen LogP contribution >= 0.6 is 0 Å². The van der Waals surface area contributed by atoms with E-state index in [9.17, 15) is 0 Å². The standard InChI is InChI=1S/C22H31GeN/c1-17-10-12-19(13-11-17)22-15-20(14-18-8-6-5-7-9-18)21(16-24-22)23(2,3)4/h10-13,15-16,18H,5-9,14H2,1-4H3/i1D3,14D2. The normalized spacial score (nSPS) is 20.5. The molecule has 24 heavy (non-hydrogen) atoms. The predicted molar refractivity (Wildman–Crippen MR) is 108 cm³/mol. The molecule has 1 aliphatic carbocycles. The first-order chi connectivity index (χ1) is 13.4. The summed E-state index contributed by atoms with van der Waals surface area (Å²) in [5.74, 6) is 6.89. The van der Waals surface area contributed by atoms with Crippen LogP contribution in [-0.4, -0.2) is 18.3 Å². The summed E-state index contributed by atoms with van der Waals surface area (Å²) in [4.78, 5) is 4.67. The van der Waals surface area contributed by atoms with Gasteiger partial charge in [0.1, 0.15) is 0 Å². The Hall–Kier alpha value is -1.09. The van der Waals surface area contributed by atoms with Crippen molar-refractivity contribution < 1.29 is 6.85 Å². The molecule has 1 aromatic carbocycles. The molecule has 0 saturated heterocycles. The summed E-state index contributed by atoms with van der Waals surface area (Å²) < 4.78 is 41.9. The Morgan fingerprint density at radius 1 is 1.12 bits per heavy atom. The van der Waals surface area contributed by atoms with E-state index in [4.69, 9.17) is 6.85 Å². The fourth-order valence-electron chi connectivity index (χ4n) is 3.44. The van der Waals surface area contributed by atoms with Crippen LogP contribution in [0.1, 0.15) is 50.1 Å². The average Bonchev–Trinajstić information content (AvgIpc) is 2.67. The van der Waals surface area contributed by atoms with Crippen molar-refractivity contribution in [2.24, 2.45) is 5.92 Å². The van der Waals surface area contributed by atoms with E-state index in [-0.39, 0.29) is 5.92 Å². The Balaban J connectivity index is 2.06. The molecule has 0 aliphatic heterocycles. The molecule has 1 fully saturated rings. The number of hydrogen-bond acceptors (Lipinski definition) is 1. The summed E-state index contributed by atoms with van der Waals surface area (Å²) in [5, 5.41) is 0. The predicted octanol–water partition coefficient (Wildman–Crippen LogP) is 5.73. The zero-order valence-electron chi connectivity index (χ0n) is 20.0. The van der Waals surface area contributed by atoms with Crippen molar-refractivity contribution in [3.05, 3.63) is 47.7 Å². The van der Waals surface area contributed by atoms with E-state index >= 15 is 0 Å². The molecule has 1 heterocycles. The quantitative estimate of drug-likeness (QED) is 0.611. The van der Waals surface area contributed by atoms with Crippen molar-refractivity contribution in [1.82, 2.24) is 4.98 Å². The number of nitrogens with zero attached hydrogens (tertiary/aromatic N) is 1. The second-order valence-electron chi connectivity index (χ2n) is 7.92. The second kappa shape index (κ2) is 7.43. The van der Waals surface area contributed by atoms with Gasteiger partial charge in [0.15, 0.2) is 0 Å². The Morgan fingerprint density at radius 2 is 1.83 bits per heavy atom. The number of pyridine rings is 1. The number of hydrogen-bond donors (Lipinski definition) is 0. The summed E-state index contributed by atoms with van der Waals surface area (Å²) in [7, 11) is 0. The summed E-state index contributed by atoms with van der Waals surface area (Å²) in [6.07, 6.45) is 5.81. The van der Waals surface area contributed by atoms with Gasteiger partial charge in [0.25, 0.3) is 0 Å². The van der Waals surface area contributed by atoms with Crippen LogP contribution in [0, 0.1) is 12.8 Å². The van der Waals surface area contributed by atoms with E-state index in [2.05, 4.69) is 22.3 Å². The minimum atomic E-state index is -2.34. The van der Waals surface area contributed by atoms with E-state index in [0.717, 1.165) is 41.2 Å². The van der Waals surface area contributed by atoms with Crippen LogP contribution in [-0.2, 0) is 6.37 Å². The molecule has 1 saturated carbocycles. The van der Waals surface area contributed by atoms with Gasteiger partial charge in [0.05, 0.1) is 0 Å². The second-order valence-corrected chi connectivity index (χ2v) is 18.5. The van der Waals surface area contributed by atoms with Crippen molar-refractivity contribution in [1.29, 1.82) is 0 Å². The Labute approximate surface area is 157 Å². The first-order valence-corrected chi connectivity index (χ1v) is 16.4. The fraction of sp³-hybridized carbons (Fsp3) is 0.500. The van der Waals surface area contributed by atoms with Crippen LogP contribution in [0.5, 0.6) is 0 Å². The van der Waals surface area contributed by atoms with Gasteiger partial charge in [0.2, 0.25) is 0 Å². The van der Waals surface area contributed by atoms with E-state index in [0.29, 0.717) is 11.3 Å². The van der Waals surface area contributed by atoms with Crippen LogP contribution in [0.4, 0.5) is 0 Å². The molecular formula is C22H31GeN. The third-order valence-electron chi connectivity index (χ3n) is 4.86. The number of aromatic nitrogens is 1. The van der Waals surface area contributed by atoms with Crippen LogP contribution in [0.25, 0.3) is 11.3 Å². The van der Waals surface area contributed by atoms with Crippen LogP contribution < -0.4 is 4.40 Å². The molecule has 2 aromatic rings. The van der Waals surface area contributed by atoms with Gasteiger partial charge in [-0.05, 0) is 0 Å². The maximum atomic E-state index is 9.05. The van der Waals surface area contributed by atoms with Gasteiger partial charge in [0, 0.05) is 0 Å². The van der Waals surface area contributed by atoms with Crippen molar-refractivity contribution in [3.63, 3.8) is 0 Å². The summed E-state index contributed by atoms with van der Waals surface area (Å²) in [6.45, 7) is -2.13. The van der Waals surface area contributed by atoms with Crippen LogP contribution in [0.15, 0.2) is 36.5 Å². The molecule has 1 aromatic heterocycles. The monoisotopic (exact) mass is 388 g/mol. The molecule has 2 heteroatoms. The number of rotatable bonds is 4. The van der Waals surface area contributed by atoms with Gasteiger partial charge in [-0.2, -0.15) is 0 Å². The third-order valence-corrected chi connectivity index (χ3v) is 9.08. The van der Waals surface area contributed by atoms with Crippen LogP contribution in [0.3, 0.4) is 0 Å². The molecule has 1 aliphatic rings. The average molecular weight is 387 g/mol. The van der Waals surface area contributed by atoms with Crippen molar-refractivity contribution in [2.45, 2.75) is 62.6 Å². The zero-order chi connectivity index (χ0) is 21.4. The molecule has 1 nitrogen and oxygen atoms in total. The molecule has 0 atom stereocenters. The van der Waals surface area contributed by atoms with E-state index in [1.807, 2.05) is 12.3 Å². The molecule has 0 spiro atoms. The maximum absolute atomic E-state index is 9.05. The van der Waals surface area contributed by atoms with Gasteiger partial charge in [-0.25, -0.2) is 0 Å². The van der Waals surface area contributed by atoms with E-state index in [1.54, 1.807) is 24.3 Å². The molecule has 0 bridgehead atoms. The Kier molecular flexibility index (Phi) is 3.81. The zero-order valence-corrected chi connectivity index (χ0v) is 17.1. The Bertz CT molecular complexity index is 847. The van der Waals surface area contributed by atoms with Crippen molar-refractivity contribution in [3.8, 4) is 11.3 Å². The minimum absolute atomic E-state index is 0.0490. The van der Waals surface area contributed by atoms with Crippen molar-refractivity contribution >= 4 is 17.7 Å². The molecule has 0 N–H and O–H groups in total. The molecule has 0 unspecified atom stereocenters. The Morgan fingerprint density at radius 3 is 2.46 bits per heavy atom. The molecular weight excluding hydrogens is 351 g/mol.